The number of benzene rings is 1. The van der Waals surface area contributed by atoms with Gasteiger partial charge in [-0.15, -0.1) is 0 Å². The quantitative estimate of drug-likeness (QED) is 0.725. The summed E-state index contributed by atoms with van der Waals surface area (Å²) in [5.74, 6) is 2.42. The van der Waals surface area contributed by atoms with Gasteiger partial charge in [0.25, 0.3) is 0 Å². The van der Waals surface area contributed by atoms with E-state index in [4.69, 9.17) is 4.42 Å². The molecule has 2 heterocycles. The molecule has 3 rings (SSSR count). The van der Waals surface area contributed by atoms with Crippen LogP contribution in [0.5, 0.6) is 0 Å². The van der Waals surface area contributed by atoms with Gasteiger partial charge in [0.05, 0.1) is 12.8 Å². The first-order chi connectivity index (χ1) is 10.4. The molecular weight excluding hydrogens is 264 g/mol. The summed E-state index contributed by atoms with van der Waals surface area (Å²) in [5, 5.41) is 6.48. The maximum absolute atomic E-state index is 5.27. The summed E-state index contributed by atoms with van der Waals surface area (Å²) < 4.78 is 5.27. The highest BCUT2D eigenvalue weighted by atomic mass is 16.3. The van der Waals surface area contributed by atoms with Gasteiger partial charge in [-0.2, -0.15) is 0 Å². The van der Waals surface area contributed by atoms with Crippen molar-refractivity contribution in [2.75, 3.05) is 10.6 Å². The molecule has 0 bridgehead atoms. The first-order valence-electron chi connectivity index (χ1n) is 6.76. The average molecular weight is 280 g/mol. The third-order valence-electron chi connectivity index (χ3n) is 3.01. The van der Waals surface area contributed by atoms with Gasteiger partial charge in [-0.1, -0.05) is 30.3 Å². The Morgan fingerprint density at radius 1 is 0.857 bits per heavy atom. The minimum Gasteiger partial charge on any atom is -0.467 e. The summed E-state index contributed by atoms with van der Waals surface area (Å²) in [4.78, 5) is 8.40. The Kier molecular flexibility index (Phi) is 4.12. The second kappa shape index (κ2) is 6.56. The molecule has 2 aromatic heterocycles. The molecule has 0 saturated carbocycles. The highest BCUT2D eigenvalue weighted by Gasteiger charge is 2.00. The van der Waals surface area contributed by atoms with Gasteiger partial charge in [0, 0.05) is 12.6 Å². The number of hydrogen-bond donors (Lipinski definition) is 2. The molecule has 5 heteroatoms. The van der Waals surface area contributed by atoms with E-state index in [9.17, 15) is 0 Å². The number of nitrogens with one attached hydrogen (secondary N) is 2. The fourth-order valence-electron chi connectivity index (χ4n) is 1.93. The maximum atomic E-state index is 5.27. The molecule has 5 nitrogen and oxygen atoms in total. The van der Waals surface area contributed by atoms with Crippen molar-refractivity contribution >= 4 is 11.6 Å². The van der Waals surface area contributed by atoms with E-state index in [0.717, 1.165) is 23.9 Å². The van der Waals surface area contributed by atoms with Gasteiger partial charge in [0.2, 0.25) is 0 Å². The molecule has 0 spiro atoms. The number of aromatic nitrogens is 2. The van der Waals surface area contributed by atoms with Crippen LogP contribution in [0.25, 0.3) is 0 Å². The van der Waals surface area contributed by atoms with Crippen molar-refractivity contribution in [3.63, 3.8) is 0 Å². The molecule has 0 fully saturated rings. The third-order valence-corrected chi connectivity index (χ3v) is 3.01. The summed E-state index contributed by atoms with van der Waals surface area (Å²) >= 11 is 0. The van der Waals surface area contributed by atoms with Crippen molar-refractivity contribution in [3.05, 3.63) is 72.4 Å². The molecule has 0 amide bonds. The second-order valence-corrected chi connectivity index (χ2v) is 4.56. The van der Waals surface area contributed by atoms with E-state index >= 15 is 0 Å². The van der Waals surface area contributed by atoms with Crippen LogP contribution in [0.3, 0.4) is 0 Å². The maximum Gasteiger partial charge on any atom is 0.131 e. The molecule has 0 radical (unpaired) electrons. The van der Waals surface area contributed by atoms with Gasteiger partial charge < -0.3 is 15.1 Å². The molecule has 21 heavy (non-hydrogen) atoms. The molecule has 0 atom stereocenters. The van der Waals surface area contributed by atoms with Crippen molar-refractivity contribution in [1.29, 1.82) is 0 Å². The van der Waals surface area contributed by atoms with Gasteiger partial charge in [-0.05, 0) is 17.7 Å². The number of nitrogens with zero attached hydrogens (tertiary/aromatic N) is 2. The number of hydrogen-bond acceptors (Lipinski definition) is 5. The van der Waals surface area contributed by atoms with Crippen molar-refractivity contribution in [2.24, 2.45) is 0 Å². The van der Waals surface area contributed by atoms with E-state index in [1.807, 2.05) is 36.4 Å². The molecule has 0 saturated heterocycles. The van der Waals surface area contributed by atoms with E-state index in [0.29, 0.717) is 6.54 Å². The Labute approximate surface area is 123 Å². The van der Waals surface area contributed by atoms with Crippen LogP contribution in [0.1, 0.15) is 11.3 Å². The van der Waals surface area contributed by atoms with Gasteiger partial charge in [0.15, 0.2) is 0 Å². The lowest BCUT2D eigenvalue weighted by molar-refractivity contribution is 0.518. The van der Waals surface area contributed by atoms with E-state index in [1.54, 1.807) is 6.26 Å². The van der Waals surface area contributed by atoms with Crippen molar-refractivity contribution in [1.82, 2.24) is 9.97 Å². The molecule has 0 unspecified atom stereocenters. The highest BCUT2D eigenvalue weighted by molar-refractivity contribution is 5.46. The summed E-state index contributed by atoms with van der Waals surface area (Å²) in [5.41, 5.74) is 1.21. The van der Waals surface area contributed by atoms with Crippen LogP contribution in [0.2, 0.25) is 0 Å². The summed E-state index contributed by atoms with van der Waals surface area (Å²) in [6.45, 7) is 1.33. The largest absolute Gasteiger partial charge is 0.467 e. The average Bonchev–Trinajstić information content (AvgIpc) is 3.06. The van der Waals surface area contributed by atoms with E-state index in [2.05, 4.69) is 32.7 Å². The number of anilines is 2. The van der Waals surface area contributed by atoms with Gasteiger partial charge in [-0.3, -0.25) is 0 Å². The molecule has 1 aromatic carbocycles. The third kappa shape index (κ3) is 3.82. The van der Waals surface area contributed by atoms with Gasteiger partial charge >= 0.3 is 0 Å². The molecule has 3 aromatic rings. The molecule has 106 valence electrons. The fourth-order valence-corrected chi connectivity index (χ4v) is 1.93. The minimum atomic E-state index is 0.599. The lowest BCUT2D eigenvalue weighted by Crippen LogP contribution is -2.04. The van der Waals surface area contributed by atoms with Crippen LogP contribution in [-0.4, -0.2) is 9.97 Å². The van der Waals surface area contributed by atoms with Crippen molar-refractivity contribution < 1.29 is 4.42 Å². The van der Waals surface area contributed by atoms with Crippen LogP contribution < -0.4 is 10.6 Å². The Morgan fingerprint density at radius 2 is 1.62 bits per heavy atom. The standard InChI is InChI=1S/C16H16N4O/c1-2-5-13(6-3-1)10-17-15-9-16(20-12-19-15)18-11-14-7-4-8-21-14/h1-9,12H,10-11H2,(H2,17,18,19,20). The molecule has 2 N–H and O–H groups in total. The first-order valence-corrected chi connectivity index (χ1v) is 6.76. The lowest BCUT2D eigenvalue weighted by Gasteiger charge is -2.08. The van der Waals surface area contributed by atoms with Crippen LogP contribution in [0, 0.1) is 0 Å². The van der Waals surface area contributed by atoms with E-state index in [-0.39, 0.29) is 0 Å². The van der Waals surface area contributed by atoms with Gasteiger partial charge in [-0.25, -0.2) is 9.97 Å². The smallest absolute Gasteiger partial charge is 0.131 e. The molecule has 0 aliphatic rings. The zero-order chi connectivity index (χ0) is 14.3. The normalized spacial score (nSPS) is 10.3. The molecule has 0 aliphatic heterocycles. The van der Waals surface area contributed by atoms with Crippen LogP contribution in [-0.2, 0) is 13.1 Å². The second-order valence-electron chi connectivity index (χ2n) is 4.56. The van der Waals surface area contributed by atoms with Crippen LogP contribution >= 0.6 is 0 Å². The Balaban J connectivity index is 1.58. The predicted molar refractivity (Wildman–Crippen MR) is 81.8 cm³/mol. The SMILES string of the molecule is c1ccc(CNc2cc(NCc3ccco3)ncn2)cc1. The van der Waals surface area contributed by atoms with E-state index in [1.165, 1.54) is 11.9 Å². The Morgan fingerprint density at radius 3 is 2.33 bits per heavy atom. The van der Waals surface area contributed by atoms with Crippen molar-refractivity contribution in [2.45, 2.75) is 13.1 Å². The topological polar surface area (TPSA) is 63.0 Å². The highest BCUT2D eigenvalue weighted by Crippen LogP contribution is 2.11. The molecular formula is C16H16N4O. The van der Waals surface area contributed by atoms with E-state index < -0.39 is 0 Å². The summed E-state index contributed by atoms with van der Waals surface area (Å²) in [6.07, 6.45) is 3.20. The predicted octanol–water partition coefficient (Wildman–Crippen LogP) is 3.29. The van der Waals surface area contributed by atoms with Gasteiger partial charge in [0.1, 0.15) is 23.7 Å². The van der Waals surface area contributed by atoms with Crippen molar-refractivity contribution in [3.8, 4) is 0 Å². The minimum absolute atomic E-state index is 0.599. The number of furan rings is 1. The number of rotatable bonds is 6. The van der Waals surface area contributed by atoms with Crippen LogP contribution in [0.15, 0.2) is 65.5 Å². The Hall–Kier alpha value is -2.82. The zero-order valence-electron chi connectivity index (χ0n) is 11.5. The zero-order valence-corrected chi connectivity index (χ0v) is 11.5. The summed E-state index contributed by atoms with van der Waals surface area (Å²) in [6, 6.07) is 15.9. The van der Waals surface area contributed by atoms with Crippen LogP contribution in [0.4, 0.5) is 11.6 Å². The summed E-state index contributed by atoms with van der Waals surface area (Å²) in [7, 11) is 0. The Bertz CT molecular complexity index is 668. The molecule has 0 aliphatic carbocycles. The monoisotopic (exact) mass is 280 g/mol. The first kappa shape index (κ1) is 13.2. The lowest BCUT2D eigenvalue weighted by atomic mass is 10.2. The fraction of sp³-hybridized carbons (Fsp3) is 0.125.